The van der Waals surface area contributed by atoms with Crippen molar-refractivity contribution in [3.8, 4) is 11.4 Å². The molecular formula is C19H19FN2Si. The summed E-state index contributed by atoms with van der Waals surface area (Å²) in [6.45, 7) is 6.94. The third-order valence-electron chi connectivity index (χ3n) is 4.53. The van der Waals surface area contributed by atoms with Crippen molar-refractivity contribution in [3.05, 3.63) is 48.3 Å². The van der Waals surface area contributed by atoms with Crippen LogP contribution in [0, 0.1) is 5.82 Å². The van der Waals surface area contributed by atoms with Crippen LogP contribution >= 0.6 is 0 Å². The largest absolute Gasteiger partial charge is 0.328 e. The number of rotatable bonds is 1. The molecule has 0 atom stereocenters. The van der Waals surface area contributed by atoms with E-state index in [1.54, 1.807) is 6.07 Å². The maximum Gasteiger partial charge on any atom is 0.141 e. The molecule has 0 N–H and O–H groups in total. The van der Waals surface area contributed by atoms with E-state index in [0.717, 1.165) is 22.2 Å². The monoisotopic (exact) mass is 322 g/mol. The van der Waals surface area contributed by atoms with E-state index in [-0.39, 0.29) is 5.82 Å². The molecule has 2 heterocycles. The van der Waals surface area contributed by atoms with Crippen LogP contribution in [0.5, 0.6) is 0 Å². The van der Waals surface area contributed by atoms with Crippen molar-refractivity contribution in [3.63, 3.8) is 0 Å². The second-order valence-electron chi connectivity index (χ2n) is 7.17. The van der Waals surface area contributed by atoms with E-state index in [2.05, 4.69) is 36.3 Å². The molecule has 0 amide bonds. The van der Waals surface area contributed by atoms with Gasteiger partial charge in [0.15, 0.2) is 0 Å². The van der Waals surface area contributed by atoms with Crippen molar-refractivity contribution >= 4 is 35.1 Å². The zero-order chi connectivity index (χ0) is 16.4. The molecule has 23 heavy (non-hydrogen) atoms. The molecule has 0 fully saturated rings. The van der Waals surface area contributed by atoms with Crippen molar-refractivity contribution in [1.29, 1.82) is 0 Å². The topological polar surface area (TPSA) is 17.8 Å². The average molecular weight is 322 g/mol. The molecule has 2 aliphatic rings. The van der Waals surface area contributed by atoms with Gasteiger partial charge in [-0.3, -0.25) is 0 Å². The first-order valence-electron chi connectivity index (χ1n) is 7.85. The summed E-state index contributed by atoms with van der Waals surface area (Å²) in [5.74, 6) is 0.808. The first-order valence-corrected chi connectivity index (χ1v) is 11.3. The van der Waals surface area contributed by atoms with Crippen LogP contribution in [0.25, 0.3) is 33.2 Å². The summed E-state index contributed by atoms with van der Waals surface area (Å²) in [7, 11) is 0.307. The van der Waals surface area contributed by atoms with Gasteiger partial charge in [-0.25, -0.2) is 9.37 Å². The minimum Gasteiger partial charge on any atom is -0.328 e. The van der Waals surface area contributed by atoms with E-state index >= 15 is 0 Å². The number of para-hydroxylation sites is 1. The molecule has 2 aliphatic heterocycles. The third-order valence-corrected chi connectivity index (χ3v) is 6.55. The lowest BCUT2D eigenvalue weighted by Gasteiger charge is -2.25. The SMILES string of the molecule is Cn1c2nc3ccccc3c-2c([Si](C)(C)C)c2cc(F)ccc21. The Morgan fingerprint density at radius 3 is 2.48 bits per heavy atom. The van der Waals surface area contributed by atoms with Crippen LogP contribution in [0.3, 0.4) is 0 Å². The predicted octanol–water partition coefficient (Wildman–Crippen LogP) is 4.52. The Kier molecular flexibility index (Phi) is 2.91. The molecule has 2 aromatic carbocycles. The van der Waals surface area contributed by atoms with Crippen molar-refractivity contribution in [2.75, 3.05) is 0 Å². The molecule has 0 bridgehead atoms. The van der Waals surface area contributed by atoms with Gasteiger partial charge in [0.25, 0.3) is 0 Å². The van der Waals surface area contributed by atoms with Crippen LogP contribution < -0.4 is 5.19 Å². The van der Waals surface area contributed by atoms with Crippen LogP contribution in [0.4, 0.5) is 4.39 Å². The fourth-order valence-corrected chi connectivity index (χ4v) is 5.60. The lowest BCUT2D eigenvalue weighted by Crippen LogP contribution is -2.40. The first-order chi connectivity index (χ1) is 10.9. The number of fused-ring (bicyclic) bond motifs is 4. The van der Waals surface area contributed by atoms with Crippen molar-refractivity contribution in [2.24, 2.45) is 7.05 Å². The van der Waals surface area contributed by atoms with Gasteiger partial charge in [0.1, 0.15) is 11.6 Å². The van der Waals surface area contributed by atoms with Gasteiger partial charge in [0.2, 0.25) is 0 Å². The summed E-state index contributed by atoms with van der Waals surface area (Å²) >= 11 is 0. The molecular weight excluding hydrogens is 303 g/mol. The minimum absolute atomic E-state index is 0.180. The molecule has 0 spiro atoms. The van der Waals surface area contributed by atoms with E-state index in [9.17, 15) is 4.39 Å². The van der Waals surface area contributed by atoms with Gasteiger partial charge in [0, 0.05) is 28.9 Å². The number of nitrogens with zero attached hydrogens (tertiary/aromatic N) is 2. The Morgan fingerprint density at radius 1 is 1.00 bits per heavy atom. The Hall–Kier alpha value is -2.20. The van der Waals surface area contributed by atoms with Gasteiger partial charge in [-0.1, -0.05) is 37.8 Å². The molecule has 0 aliphatic carbocycles. The highest BCUT2D eigenvalue weighted by atomic mass is 28.3. The molecule has 0 saturated carbocycles. The molecule has 4 heteroatoms. The normalized spacial score (nSPS) is 12.6. The minimum atomic E-state index is -1.71. The number of benzene rings is 2. The number of pyridine rings is 1. The van der Waals surface area contributed by atoms with Crippen molar-refractivity contribution in [1.82, 2.24) is 9.55 Å². The van der Waals surface area contributed by atoms with Crippen LogP contribution in [0.2, 0.25) is 19.6 Å². The predicted molar refractivity (Wildman–Crippen MR) is 97.8 cm³/mol. The van der Waals surface area contributed by atoms with E-state index < -0.39 is 8.07 Å². The number of aromatic nitrogens is 2. The van der Waals surface area contributed by atoms with E-state index in [1.165, 1.54) is 22.2 Å². The molecule has 0 saturated heterocycles. The summed E-state index contributed by atoms with van der Waals surface area (Å²) in [4.78, 5) is 4.85. The standard InChI is InChI=1S/C19H19FN2Si/c1-22-16-10-9-12(20)11-14(16)18(23(2,3)4)17-13-7-5-6-8-15(13)21-19(17)22/h5-11H,1-4H3. The van der Waals surface area contributed by atoms with E-state index in [1.807, 2.05) is 25.2 Å². The van der Waals surface area contributed by atoms with Gasteiger partial charge < -0.3 is 4.57 Å². The van der Waals surface area contributed by atoms with E-state index in [4.69, 9.17) is 4.98 Å². The molecule has 2 nitrogen and oxygen atoms in total. The first kappa shape index (κ1) is 14.4. The number of hydrogen-bond acceptors (Lipinski definition) is 1. The number of aryl methyl sites for hydroxylation is 1. The summed E-state index contributed by atoms with van der Waals surface area (Å²) < 4.78 is 16.1. The Labute approximate surface area is 135 Å². The summed E-state index contributed by atoms with van der Waals surface area (Å²) in [5, 5.41) is 3.49. The maximum atomic E-state index is 14.0. The van der Waals surface area contributed by atoms with Crippen LogP contribution in [0.15, 0.2) is 42.5 Å². The third kappa shape index (κ3) is 2.01. The zero-order valence-corrected chi connectivity index (χ0v) is 14.8. The lowest BCUT2D eigenvalue weighted by atomic mass is 10.1. The Balaban J connectivity index is 2.36. The molecule has 0 unspecified atom stereocenters. The number of hydrogen-bond donors (Lipinski definition) is 0. The molecule has 2 aromatic rings. The molecule has 0 aromatic heterocycles. The van der Waals surface area contributed by atoms with Gasteiger partial charge in [0.05, 0.1) is 13.6 Å². The second kappa shape index (κ2) is 4.65. The molecule has 4 rings (SSSR count). The molecule has 116 valence electrons. The van der Waals surface area contributed by atoms with Gasteiger partial charge in [-0.15, -0.1) is 0 Å². The summed E-state index contributed by atoms with van der Waals surface area (Å²) in [6, 6.07) is 13.3. The fraction of sp³-hybridized carbons (Fsp3) is 0.211. The van der Waals surface area contributed by atoms with Gasteiger partial charge in [-0.2, -0.15) is 0 Å². The Bertz CT molecular complexity index is 1030. The van der Waals surface area contributed by atoms with Crippen LogP contribution in [0.1, 0.15) is 0 Å². The second-order valence-corrected chi connectivity index (χ2v) is 12.2. The summed E-state index contributed by atoms with van der Waals surface area (Å²) in [6.07, 6.45) is 0. The fourth-order valence-electron chi connectivity index (χ4n) is 3.59. The van der Waals surface area contributed by atoms with Crippen molar-refractivity contribution in [2.45, 2.75) is 19.6 Å². The van der Waals surface area contributed by atoms with E-state index in [0.29, 0.717) is 0 Å². The van der Waals surface area contributed by atoms with Crippen LogP contribution in [-0.4, -0.2) is 17.6 Å². The van der Waals surface area contributed by atoms with Crippen molar-refractivity contribution < 1.29 is 4.39 Å². The average Bonchev–Trinajstić information content (AvgIpc) is 2.85. The lowest BCUT2D eigenvalue weighted by molar-refractivity contribution is 0.629. The summed E-state index contributed by atoms with van der Waals surface area (Å²) in [5.41, 5.74) is 3.24. The highest BCUT2D eigenvalue weighted by molar-refractivity contribution is 6.91. The maximum absolute atomic E-state index is 14.0. The molecule has 0 radical (unpaired) electrons. The quantitative estimate of drug-likeness (QED) is 0.471. The van der Waals surface area contributed by atoms with Crippen LogP contribution in [-0.2, 0) is 7.05 Å². The zero-order valence-electron chi connectivity index (χ0n) is 13.8. The highest BCUT2D eigenvalue weighted by Gasteiger charge is 2.29. The smallest absolute Gasteiger partial charge is 0.141 e. The van der Waals surface area contributed by atoms with Gasteiger partial charge >= 0.3 is 0 Å². The Morgan fingerprint density at radius 2 is 1.74 bits per heavy atom. The van der Waals surface area contributed by atoms with Gasteiger partial charge in [-0.05, 0) is 29.5 Å². The number of halogens is 1. The highest BCUT2D eigenvalue weighted by Crippen LogP contribution is 2.34.